The van der Waals surface area contributed by atoms with E-state index >= 15 is 0 Å². The number of nitrogens with two attached hydrogens (primary N) is 2. The monoisotopic (exact) mass is 559 g/mol. The normalized spacial score (nSPS) is 11.9. The minimum absolute atomic E-state index is 0.0778. The summed E-state index contributed by atoms with van der Waals surface area (Å²) in [6, 6.07) is 10.5. The molecule has 3 rings (SSSR count). The lowest BCUT2D eigenvalue weighted by Gasteiger charge is -2.18. The predicted molar refractivity (Wildman–Crippen MR) is 146 cm³/mol. The zero-order chi connectivity index (χ0) is 27.7. The number of aryl methyl sites for hydroxylation is 1. The molecule has 14 heteroatoms. The first-order valence-corrected chi connectivity index (χ1v) is 14.1. The lowest BCUT2D eigenvalue weighted by atomic mass is 10.1. The van der Waals surface area contributed by atoms with Crippen LogP contribution in [-0.4, -0.2) is 48.2 Å². The average Bonchev–Trinajstić information content (AvgIpc) is 3.40. The van der Waals surface area contributed by atoms with Crippen LogP contribution in [0.25, 0.3) is 0 Å². The van der Waals surface area contributed by atoms with Crippen molar-refractivity contribution in [3.05, 3.63) is 80.7 Å². The molecular weight excluding hydrogens is 530 g/mol. The lowest BCUT2D eigenvalue weighted by Crippen LogP contribution is -2.44. The highest BCUT2D eigenvalue weighted by atomic mass is 32.2. The molecule has 2 heterocycles. The first kappa shape index (κ1) is 28.5. The van der Waals surface area contributed by atoms with Crippen molar-refractivity contribution in [3.63, 3.8) is 0 Å². The number of hydrogen-bond donors (Lipinski definition) is 4. The highest BCUT2D eigenvalue weighted by Gasteiger charge is 2.24. The SMILES string of the molecule is Cc1ccc(NS(=O)(=O)Cc2ccccc2)c(=O)n1CC(=O)N[C@@H](CCCN=C(N)N)C(=O)c1nccs1. The number of anilines is 1. The van der Waals surface area contributed by atoms with E-state index in [0.29, 0.717) is 17.7 Å². The number of carbonyl (C=O) groups is 2. The lowest BCUT2D eigenvalue weighted by molar-refractivity contribution is -0.122. The minimum atomic E-state index is -3.89. The van der Waals surface area contributed by atoms with E-state index in [1.54, 1.807) is 42.6 Å². The van der Waals surface area contributed by atoms with Crippen molar-refractivity contribution in [2.45, 2.75) is 38.1 Å². The summed E-state index contributed by atoms with van der Waals surface area (Å²) in [4.78, 5) is 46.8. The molecule has 0 saturated carbocycles. The van der Waals surface area contributed by atoms with Gasteiger partial charge >= 0.3 is 0 Å². The Morgan fingerprint density at radius 1 is 1.16 bits per heavy atom. The van der Waals surface area contributed by atoms with Crippen LogP contribution in [-0.2, 0) is 27.1 Å². The Balaban J connectivity index is 1.74. The van der Waals surface area contributed by atoms with E-state index in [4.69, 9.17) is 11.5 Å². The number of aromatic nitrogens is 2. The summed E-state index contributed by atoms with van der Waals surface area (Å²) >= 11 is 1.15. The van der Waals surface area contributed by atoms with Gasteiger partial charge in [-0.25, -0.2) is 13.4 Å². The van der Waals surface area contributed by atoms with Gasteiger partial charge in [-0.05, 0) is 37.5 Å². The fourth-order valence-corrected chi connectivity index (χ4v) is 5.42. The Bertz CT molecular complexity index is 1450. The molecule has 0 radical (unpaired) electrons. The maximum atomic E-state index is 13.1. The summed E-state index contributed by atoms with van der Waals surface area (Å²) in [5.41, 5.74) is 10.8. The largest absolute Gasteiger partial charge is 0.370 e. The smallest absolute Gasteiger partial charge is 0.275 e. The van der Waals surface area contributed by atoms with Gasteiger partial charge in [0.05, 0.1) is 11.8 Å². The van der Waals surface area contributed by atoms with Gasteiger partial charge in [0.15, 0.2) is 11.0 Å². The molecule has 0 saturated heterocycles. The number of sulfonamides is 1. The van der Waals surface area contributed by atoms with Crippen LogP contribution < -0.4 is 27.1 Å². The Morgan fingerprint density at radius 3 is 2.55 bits per heavy atom. The van der Waals surface area contributed by atoms with Crippen molar-refractivity contribution >= 4 is 44.7 Å². The van der Waals surface area contributed by atoms with Gasteiger partial charge in [-0.2, -0.15) is 0 Å². The molecule has 6 N–H and O–H groups in total. The first-order chi connectivity index (χ1) is 18.1. The second-order valence-corrected chi connectivity index (χ2v) is 11.0. The number of benzene rings is 1. The maximum absolute atomic E-state index is 13.1. The number of pyridine rings is 1. The summed E-state index contributed by atoms with van der Waals surface area (Å²) in [6.45, 7) is 1.46. The molecule has 202 valence electrons. The number of ketones is 1. The van der Waals surface area contributed by atoms with Gasteiger partial charge in [0.1, 0.15) is 12.2 Å². The fraction of sp³-hybridized carbons (Fsp3) is 0.292. The summed E-state index contributed by atoms with van der Waals surface area (Å²) < 4.78 is 28.7. The number of rotatable bonds is 13. The van der Waals surface area contributed by atoms with Crippen molar-refractivity contribution in [1.29, 1.82) is 0 Å². The van der Waals surface area contributed by atoms with Crippen LogP contribution in [0.15, 0.2) is 63.8 Å². The van der Waals surface area contributed by atoms with E-state index in [-0.39, 0.29) is 41.2 Å². The van der Waals surface area contributed by atoms with Crippen LogP contribution in [0, 0.1) is 6.92 Å². The molecule has 3 aromatic rings. The Morgan fingerprint density at radius 2 is 1.89 bits per heavy atom. The van der Waals surface area contributed by atoms with Crippen LogP contribution in [0.4, 0.5) is 5.69 Å². The number of guanidine groups is 1. The molecule has 0 aliphatic carbocycles. The summed E-state index contributed by atoms with van der Waals surface area (Å²) in [5, 5.41) is 4.55. The van der Waals surface area contributed by atoms with E-state index in [2.05, 4.69) is 20.0 Å². The second-order valence-electron chi connectivity index (χ2n) is 8.40. The van der Waals surface area contributed by atoms with Crippen molar-refractivity contribution < 1.29 is 18.0 Å². The molecule has 0 aliphatic rings. The van der Waals surface area contributed by atoms with Gasteiger partial charge in [-0.15, -0.1) is 11.3 Å². The van der Waals surface area contributed by atoms with Gasteiger partial charge in [-0.3, -0.25) is 24.1 Å². The Labute approximate surface area is 223 Å². The van der Waals surface area contributed by atoms with Gasteiger partial charge in [-0.1, -0.05) is 30.3 Å². The van der Waals surface area contributed by atoms with E-state index < -0.39 is 34.1 Å². The van der Waals surface area contributed by atoms with E-state index in [9.17, 15) is 22.8 Å². The zero-order valence-electron chi connectivity index (χ0n) is 20.7. The number of aliphatic imine (C=N–C) groups is 1. The standard InChI is InChI=1S/C24H29N7O5S2/c1-16-9-10-19(30-38(35,36)15-17-6-3-2-4-7-17)23(34)31(16)14-20(32)29-18(8-5-11-28-24(25)26)21(33)22-27-12-13-37-22/h2-4,6-7,9-10,12-13,18,30H,5,8,11,14-15H2,1H3,(H,29,32)(H4,25,26,28)/t18-/m0/s1. The van der Waals surface area contributed by atoms with Gasteiger partial charge in [0.2, 0.25) is 21.7 Å². The fourth-order valence-electron chi connectivity index (χ4n) is 3.59. The topological polar surface area (TPSA) is 192 Å². The number of thiazole rings is 1. The van der Waals surface area contributed by atoms with Crippen molar-refractivity contribution in [2.75, 3.05) is 11.3 Å². The molecule has 1 aromatic carbocycles. The number of carbonyl (C=O) groups excluding carboxylic acids is 2. The second kappa shape index (κ2) is 13.0. The van der Waals surface area contributed by atoms with Crippen molar-refractivity contribution in [3.8, 4) is 0 Å². The Hall–Kier alpha value is -4.04. The van der Waals surface area contributed by atoms with E-state index in [1.807, 2.05) is 0 Å². The van der Waals surface area contributed by atoms with E-state index in [0.717, 1.165) is 15.9 Å². The van der Waals surface area contributed by atoms with Gasteiger partial charge < -0.3 is 21.4 Å². The summed E-state index contributed by atoms with van der Waals surface area (Å²) in [6.07, 6.45) is 2.15. The average molecular weight is 560 g/mol. The van der Waals surface area contributed by atoms with E-state index in [1.165, 1.54) is 18.3 Å². The van der Waals surface area contributed by atoms with Crippen molar-refractivity contribution in [1.82, 2.24) is 14.9 Å². The molecule has 1 atom stereocenters. The third-order valence-corrected chi connectivity index (χ3v) is 7.43. The minimum Gasteiger partial charge on any atom is -0.370 e. The quantitative estimate of drug-likeness (QED) is 0.103. The molecule has 0 aliphatic heterocycles. The summed E-state index contributed by atoms with van der Waals surface area (Å²) in [5.74, 6) is -1.37. The third kappa shape index (κ3) is 8.24. The molecule has 12 nitrogen and oxygen atoms in total. The molecule has 2 aromatic heterocycles. The molecule has 0 spiro atoms. The number of Topliss-reactive ketones (excluding diaryl/α,β-unsaturated/α-hetero) is 1. The molecule has 1 amide bonds. The number of nitrogens with one attached hydrogen (secondary N) is 2. The number of hydrogen-bond acceptors (Lipinski definition) is 8. The van der Waals surface area contributed by atoms with Crippen LogP contribution >= 0.6 is 11.3 Å². The van der Waals surface area contributed by atoms with Crippen molar-refractivity contribution in [2.24, 2.45) is 16.5 Å². The molecular formula is C24H29N7O5S2. The molecule has 0 bridgehead atoms. The van der Waals surface area contributed by atoms with Crippen LogP contribution in [0.5, 0.6) is 0 Å². The highest BCUT2D eigenvalue weighted by molar-refractivity contribution is 7.91. The molecule has 38 heavy (non-hydrogen) atoms. The summed E-state index contributed by atoms with van der Waals surface area (Å²) in [7, 11) is -3.89. The predicted octanol–water partition coefficient (Wildman–Crippen LogP) is 0.976. The van der Waals surface area contributed by atoms with Crippen LogP contribution in [0.1, 0.15) is 33.9 Å². The van der Waals surface area contributed by atoms with Gasteiger partial charge in [0.25, 0.3) is 5.56 Å². The third-order valence-electron chi connectivity index (χ3n) is 5.40. The molecule has 0 unspecified atom stereocenters. The Kier molecular flexibility index (Phi) is 9.73. The van der Waals surface area contributed by atoms with Crippen LogP contribution in [0.3, 0.4) is 0 Å². The molecule has 0 fully saturated rings. The number of amides is 1. The van der Waals surface area contributed by atoms with Crippen LogP contribution in [0.2, 0.25) is 0 Å². The van der Waals surface area contributed by atoms with Gasteiger partial charge in [0, 0.05) is 23.8 Å². The number of nitrogens with zero attached hydrogens (tertiary/aromatic N) is 3. The highest BCUT2D eigenvalue weighted by Crippen LogP contribution is 2.13. The maximum Gasteiger partial charge on any atom is 0.275 e. The zero-order valence-corrected chi connectivity index (χ0v) is 22.3. The first-order valence-electron chi connectivity index (χ1n) is 11.6.